The molecule has 0 fully saturated rings. The molecule has 0 aliphatic heterocycles. The number of aromatic nitrogens is 2. The first-order valence-corrected chi connectivity index (χ1v) is 9.30. The van der Waals surface area contributed by atoms with Gasteiger partial charge in [-0.05, 0) is 13.3 Å². The van der Waals surface area contributed by atoms with Gasteiger partial charge in [0.05, 0.1) is 19.0 Å². The lowest BCUT2D eigenvalue weighted by atomic mass is 10.1. The number of aliphatic carboxylic acids is 1. The first kappa shape index (κ1) is 25.5. The summed E-state index contributed by atoms with van der Waals surface area (Å²) in [5.74, 6) is -4.48. The summed E-state index contributed by atoms with van der Waals surface area (Å²) in [4.78, 5) is 65.4. The van der Waals surface area contributed by atoms with Crippen molar-refractivity contribution in [1.29, 1.82) is 0 Å². The van der Waals surface area contributed by atoms with Gasteiger partial charge in [-0.1, -0.05) is 0 Å². The highest BCUT2D eigenvalue weighted by Gasteiger charge is 2.28. The molecule has 0 saturated carbocycles. The summed E-state index contributed by atoms with van der Waals surface area (Å²) in [6.07, 6.45) is 1.07. The van der Waals surface area contributed by atoms with E-state index in [0.717, 1.165) is 0 Å². The van der Waals surface area contributed by atoms with Crippen LogP contribution in [-0.4, -0.2) is 80.6 Å². The van der Waals surface area contributed by atoms with E-state index in [2.05, 4.69) is 25.9 Å². The Kier molecular flexibility index (Phi) is 10.1. The molecule has 14 heteroatoms. The van der Waals surface area contributed by atoms with Gasteiger partial charge in [-0.25, -0.2) is 9.78 Å². The van der Waals surface area contributed by atoms with Gasteiger partial charge in [0.25, 0.3) is 0 Å². The molecule has 4 unspecified atom stereocenters. The summed E-state index contributed by atoms with van der Waals surface area (Å²) < 4.78 is 0. The molecule has 1 aromatic heterocycles. The molecule has 0 bridgehead atoms. The first-order valence-electron chi connectivity index (χ1n) is 9.30. The van der Waals surface area contributed by atoms with E-state index in [-0.39, 0.29) is 19.3 Å². The number of rotatable bonds is 13. The fraction of sp³-hybridized carbons (Fsp3) is 0.529. The number of carbonyl (C=O) groups is 5. The molecular weight excluding hydrogens is 414 g/mol. The van der Waals surface area contributed by atoms with E-state index >= 15 is 0 Å². The summed E-state index contributed by atoms with van der Waals surface area (Å²) in [5, 5.41) is 25.4. The minimum atomic E-state index is -1.33. The van der Waals surface area contributed by atoms with E-state index in [1.165, 1.54) is 19.4 Å². The number of primary amides is 1. The second-order valence-corrected chi connectivity index (χ2v) is 6.79. The number of nitrogens with two attached hydrogens (primary N) is 2. The molecule has 0 aliphatic carbocycles. The molecule has 1 aromatic rings. The molecule has 1 heterocycles. The van der Waals surface area contributed by atoms with Crippen molar-refractivity contribution >= 4 is 29.6 Å². The van der Waals surface area contributed by atoms with Crippen molar-refractivity contribution in [2.75, 3.05) is 6.54 Å². The first-order chi connectivity index (χ1) is 14.5. The van der Waals surface area contributed by atoms with Crippen LogP contribution in [0.3, 0.4) is 0 Å². The fourth-order valence-electron chi connectivity index (χ4n) is 2.39. The van der Waals surface area contributed by atoms with E-state index in [0.29, 0.717) is 5.69 Å². The van der Waals surface area contributed by atoms with Gasteiger partial charge in [-0.2, -0.15) is 0 Å². The van der Waals surface area contributed by atoms with E-state index in [9.17, 15) is 34.2 Å². The molecule has 14 nitrogen and oxygen atoms in total. The van der Waals surface area contributed by atoms with Crippen LogP contribution in [0, 0.1) is 0 Å². The molecule has 4 atom stereocenters. The number of hydrogen-bond acceptors (Lipinski definition) is 8. The topological polar surface area (TPSA) is 243 Å². The summed E-state index contributed by atoms with van der Waals surface area (Å²) in [5.41, 5.74) is 11.0. The maximum Gasteiger partial charge on any atom is 0.326 e. The van der Waals surface area contributed by atoms with Crippen LogP contribution in [0.15, 0.2) is 12.5 Å². The molecule has 10 N–H and O–H groups in total. The monoisotopic (exact) mass is 441 g/mol. The largest absolute Gasteiger partial charge is 0.480 e. The second-order valence-electron chi connectivity index (χ2n) is 6.79. The van der Waals surface area contributed by atoms with Gasteiger partial charge < -0.3 is 42.6 Å². The van der Waals surface area contributed by atoms with Crippen LogP contribution in [0.1, 0.15) is 25.5 Å². The number of hydrogen-bond donors (Lipinski definition) is 8. The Morgan fingerprint density at radius 1 is 1.16 bits per heavy atom. The van der Waals surface area contributed by atoms with Crippen molar-refractivity contribution in [2.24, 2.45) is 11.5 Å². The van der Waals surface area contributed by atoms with Gasteiger partial charge in [-0.15, -0.1) is 0 Å². The van der Waals surface area contributed by atoms with Gasteiger partial charge >= 0.3 is 5.97 Å². The zero-order valence-electron chi connectivity index (χ0n) is 16.8. The Morgan fingerprint density at radius 3 is 2.35 bits per heavy atom. The molecule has 4 amide bonds. The zero-order valence-corrected chi connectivity index (χ0v) is 16.8. The number of aliphatic hydroxyl groups excluding tert-OH is 1. The smallest absolute Gasteiger partial charge is 0.326 e. The van der Waals surface area contributed by atoms with Crippen molar-refractivity contribution in [3.63, 3.8) is 0 Å². The van der Waals surface area contributed by atoms with Gasteiger partial charge in [0.1, 0.15) is 18.1 Å². The number of H-pyrrole nitrogens is 1. The number of carbonyl (C=O) groups excluding carboxylic acids is 4. The molecule has 0 radical (unpaired) electrons. The van der Waals surface area contributed by atoms with Crippen molar-refractivity contribution in [2.45, 2.75) is 50.4 Å². The number of carboxylic acid groups (broad SMARTS) is 1. The highest BCUT2D eigenvalue weighted by atomic mass is 16.4. The fourth-order valence-corrected chi connectivity index (χ4v) is 2.39. The van der Waals surface area contributed by atoms with Crippen molar-refractivity contribution in [1.82, 2.24) is 25.9 Å². The lowest BCUT2D eigenvalue weighted by Gasteiger charge is -2.21. The summed E-state index contributed by atoms with van der Waals surface area (Å²) in [6.45, 7) is 0.743. The Hall–Kier alpha value is -3.52. The average Bonchev–Trinajstić information content (AvgIpc) is 3.20. The maximum absolute atomic E-state index is 12.6. The predicted molar refractivity (Wildman–Crippen MR) is 105 cm³/mol. The third kappa shape index (κ3) is 9.22. The summed E-state index contributed by atoms with van der Waals surface area (Å²) >= 11 is 0. The molecular formula is C17H27N7O7. The molecule has 0 saturated heterocycles. The lowest BCUT2D eigenvalue weighted by Crippen LogP contribution is -2.55. The van der Waals surface area contributed by atoms with E-state index in [4.69, 9.17) is 11.5 Å². The molecule has 0 spiro atoms. The SMILES string of the molecule is CC(O)C(N)C(=O)NCC(=O)NC(CCC(N)=O)C(=O)NC(Cc1cnc[nH]1)C(=O)O. The van der Waals surface area contributed by atoms with Gasteiger partial charge in [0, 0.05) is 24.7 Å². The Labute approximate surface area is 177 Å². The third-order valence-corrected chi connectivity index (χ3v) is 4.17. The van der Waals surface area contributed by atoms with Crippen molar-refractivity contribution in [3.05, 3.63) is 18.2 Å². The number of aliphatic hydroxyl groups is 1. The Bertz CT molecular complexity index is 782. The van der Waals surface area contributed by atoms with E-state index in [1.54, 1.807) is 0 Å². The average molecular weight is 441 g/mol. The quantitative estimate of drug-likeness (QED) is 0.149. The number of amides is 4. The van der Waals surface area contributed by atoms with Crippen LogP contribution in [-0.2, 0) is 30.4 Å². The Balaban J connectivity index is 2.75. The Morgan fingerprint density at radius 2 is 1.84 bits per heavy atom. The summed E-state index contributed by atoms with van der Waals surface area (Å²) in [7, 11) is 0. The molecule has 172 valence electrons. The number of aromatic amines is 1. The number of nitrogens with one attached hydrogen (secondary N) is 4. The lowest BCUT2D eigenvalue weighted by molar-refractivity contribution is -0.142. The molecule has 1 rings (SSSR count). The molecule has 0 aromatic carbocycles. The maximum atomic E-state index is 12.6. The summed E-state index contributed by atoms with van der Waals surface area (Å²) in [6, 6.07) is -3.86. The normalized spacial score (nSPS) is 14.5. The second kappa shape index (κ2) is 12.2. The molecule has 31 heavy (non-hydrogen) atoms. The highest BCUT2D eigenvalue weighted by molar-refractivity contribution is 5.93. The van der Waals surface area contributed by atoms with Crippen molar-refractivity contribution in [3.8, 4) is 0 Å². The van der Waals surface area contributed by atoms with Crippen LogP contribution in [0.2, 0.25) is 0 Å². The number of nitrogens with zero attached hydrogens (tertiary/aromatic N) is 1. The third-order valence-electron chi connectivity index (χ3n) is 4.17. The van der Waals surface area contributed by atoms with Crippen molar-refractivity contribution < 1.29 is 34.2 Å². The standard InChI is InChI=1S/C17H27N7O7/c1-8(25)14(19)16(29)21-6-13(27)23-10(2-3-12(18)26)15(28)24-11(17(30)31)4-9-5-20-7-22-9/h5,7-8,10-11,14,25H,2-4,6,19H2,1H3,(H2,18,26)(H,20,22)(H,21,29)(H,23,27)(H,24,28)(H,30,31). The number of imidazole rings is 1. The van der Waals surface area contributed by atoms with Gasteiger partial charge in [0.15, 0.2) is 0 Å². The van der Waals surface area contributed by atoms with Crippen LogP contribution in [0.5, 0.6) is 0 Å². The highest BCUT2D eigenvalue weighted by Crippen LogP contribution is 2.03. The number of carboxylic acids is 1. The predicted octanol–water partition coefficient (Wildman–Crippen LogP) is -3.90. The van der Waals surface area contributed by atoms with E-state index in [1.807, 2.05) is 0 Å². The zero-order chi connectivity index (χ0) is 23.6. The van der Waals surface area contributed by atoms with Gasteiger partial charge in [-0.3, -0.25) is 19.2 Å². The van der Waals surface area contributed by atoms with Crippen LogP contribution in [0.4, 0.5) is 0 Å². The van der Waals surface area contributed by atoms with Crippen LogP contribution >= 0.6 is 0 Å². The van der Waals surface area contributed by atoms with Gasteiger partial charge in [0.2, 0.25) is 23.6 Å². The van der Waals surface area contributed by atoms with Crippen LogP contribution < -0.4 is 27.4 Å². The molecule has 0 aliphatic rings. The van der Waals surface area contributed by atoms with Crippen LogP contribution in [0.25, 0.3) is 0 Å². The van der Waals surface area contributed by atoms with E-state index < -0.39 is 60.4 Å². The minimum absolute atomic E-state index is 0.0924. The minimum Gasteiger partial charge on any atom is -0.480 e.